The van der Waals surface area contributed by atoms with Gasteiger partial charge in [-0.3, -0.25) is 4.79 Å². The lowest BCUT2D eigenvalue weighted by atomic mass is 10.0. The lowest BCUT2D eigenvalue weighted by Gasteiger charge is -2.26. The van der Waals surface area contributed by atoms with E-state index in [0.29, 0.717) is 5.56 Å². The molecular weight excluding hydrogens is 218 g/mol. The Hall–Kier alpha value is -2.07. The summed E-state index contributed by atoms with van der Waals surface area (Å²) in [5.41, 5.74) is -0.952. The Balaban J connectivity index is 2.08. The molecular formula is C13H13NO3. The topological polar surface area (TPSA) is 69.6 Å². The van der Waals surface area contributed by atoms with Gasteiger partial charge in [0, 0.05) is 12.0 Å². The Morgan fingerprint density at radius 2 is 2.00 bits per heavy atom. The number of rotatable bonds is 2. The van der Waals surface area contributed by atoms with Crippen LogP contribution in [0.4, 0.5) is 0 Å². The first kappa shape index (κ1) is 11.4. The predicted molar refractivity (Wildman–Crippen MR) is 63.3 cm³/mol. The molecule has 0 aromatic heterocycles. The molecule has 88 valence electrons. The fraction of sp³-hybridized carbons (Fsp3) is 0.154. The molecule has 3 N–H and O–H groups in total. The molecule has 1 aromatic carbocycles. The van der Waals surface area contributed by atoms with Crippen LogP contribution in [-0.2, 0) is 0 Å². The number of aliphatic hydroxyl groups excluding tert-OH is 1. The molecule has 17 heavy (non-hydrogen) atoms. The molecule has 1 aliphatic carbocycles. The Labute approximate surface area is 98.9 Å². The summed E-state index contributed by atoms with van der Waals surface area (Å²) in [7, 11) is 0. The minimum Gasteiger partial charge on any atom is -0.508 e. The molecule has 0 saturated heterocycles. The van der Waals surface area contributed by atoms with E-state index in [-0.39, 0.29) is 18.1 Å². The van der Waals surface area contributed by atoms with Gasteiger partial charge in [0.1, 0.15) is 5.76 Å². The highest BCUT2D eigenvalue weighted by Crippen LogP contribution is 2.17. The molecule has 1 amide bonds. The van der Waals surface area contributed by atoms with Crippen LogP contribution < -0.4 is 5.32 Å². The van der Waals surface area contributed by atoms with E-state index in [2.05, 4.69) is 5.32 Å². The van der Waals surface area contributed by atoms with Gasteiger partial charge in [-0.15, -0.1) is 0 Å². The van der Waals surface area contributed by atoms with Crippen LogP contribution in [0.5, 0.6) is 0 Å². The highest BCUT2D eigenvalue weighted by atomic mass is 16.3. The monoisotopic (exact) mass is 231 g/mol. The van der Waals surface area contributed by atoms with Gasteiger partial charge in [-0.2, -0.15) is 0 Å². The molecule has 1 atom stereocenters. The van der Waals surface area contributed by atoms with Gasteiger partial charge in [0.2, 0.25) is 0 Å². The van der Waals surface area contributed by atoms with Crippen LogP contribution in [-0.4, -0.2) is 21.8 Å². The van der Waals surface area contributed by atoms with Crippen molar-refractivity contribution in [2.45, 2.75) is 12.1 Å². The van der Waals surface area contributed by atoms with Crippen molar-refractivity contribution in [3.8, 4) is 0 Å². The Morgan fingerprint density at radius 3 is 2.59 bits per heavy atom. The van der Waals surface area contributed by atoms with Gasteiger partial charge in [0.05, 0.1) is 0 Å². The highest BCUT2D eigenvalue weighted by Gasteiger charge is 2.27. The number of nitrogens with one attached hydrogen (secondary N) is 1. The molecule has 0 bridgehead atoms. The van der Waals surface area contributed by atoms with Crippen molar-refractivity contribution in [2.24, 2.45) is 0 Å². The van der Waals surface area contributed by atoms with Crippen LogP contribution in [0.3, 0.4) is 0 Å². The van der Waals surface area contributed by atoms with Crippen molar-refractivity contribution in [2.75, 3.05) is 0 Å². The number of amides is 1. The predicted octanol–water partition coefficient (Wildman–Crippen LogP) is 1.51. The van der Waals surface area contributed by atoms with E-state index < -0.39 is 5.72 Å². The van der Waals surface area contributed by atoms with Gasteiger partial charge in [-0.1, -0.05) is 18.2 Å². The smallest absolute Gasteiger partial charge is 0.253 e. The third-order valence-corrected chi connectivity index (χ3v) is 2.52. The Kier molecular flexibility index (Phi) is 2.97. The summed E-state index contributed by atoms with van der Waals surface area (Å²) in [6, 6.07) is 8.65. The second-order valence-electron chi connectivity index (χ2n) is 3.91. The summed E-state index contributed by atoms with van der Waals surface area (Å²) in [4.78, 5) is 11.8. The maximum atomic E-state index is 11.8. The number of hydrogen-bond acceptors (Lipinski definition) is 3. The molecule has 4 heteroatoms. The Morgan fingerprint density at radius 1 is 1.29 bits per heavy atom. The van der Waals surface area contributed by atoms with E-state index in [9.17, 15) is 9.90 Å². The number of aliphatic hydroxyl groups is 2. The van der Waals surface area contributed by atoms with Crippen molar-refractivity contribution >= 4 is 5.91 Å². The second kappa shape index (κ2) is 4.43. The standard InChI is InChI=1S/C13H13NO3/c15-11-6-8-13(17,9-7-11)14-12(16)10-4-2-1-3-5-10/h1-8,15,17H,9H2,(H,14,16). The maximum absolute atomic E-state index is 11.8. The van der Waals surface area contributed by atoms with Crippen LogP contribution in [0.1, 0.15) is 16.8 Å². The number of carbonyl (C=O) groups excluding carboxylic acids is 1. The van der Waals surface area contributed by atoms with E-state index >= 15 is 0 Å². The minimum atomic E-state index is -1.43. The first-order valence-electron chi connectivity index (χ1n) is 5.27. The number of allylic oxidation sites excluding steroid dienone is 1. The van der Waals surface area contributed by atoms with E-state index in [1.54, 1.807) is 24.3 Å². The minimum absolute atomic E-state index is 0.0867. The third-order valence-electron chi connectivity index (χ3n) is 2.52. The highest BCUT2D eigenvalue weighted by molar-refractivity contribution is 5.94. The average Bonchev–Trinajstić information content (AvgIpc) is 2.34. The quantitative estimate of drug-likeness (QED) is 0.676. The summed E-state index contributed by atoms with van der Waals surface area (Å²) in [6.45, 7) is 0. The fourth-order valence-corrected chi connectivity index (χ4v) is 1.57. The summed E-state index contributed by atoms with van der Waals surface area (Å²) in [5.74, 6) is -0.267. The average molecular weight is 231 g/mol. The van der Waals surface area contributed by atoms with Crippen molar-refractivity contribution in [3.05, 3.63) is 59.9 Å². The lowest BCUT2D eigenvalue weighted by Crippen LogP contribution is -2.47. The third kappa shape index (κ3) is 2.73. The summed E-state index contributed by atoms with van der Waals surface area (Å²) in [6.07, 6.45) is 4.32. The van der Waals surface area contributed by atoms with Crippen molar-refractivity contribution in [1.82, 2.24) is 5.32 Å². The van der Waals surface area contributed by atoms with Crippen molar-refractivity contribution < 1.29 is 15.0 Å². The van der Waals surface area contributed by atoms with Gasteiger partial charge in [-0.05, 0) is 30.4 Å². The molecule has 0 spiro atoms. The molecule has 2 rings (SSSR count). The number of hydrogen-bond donors (Lipinski definition) is 3. The van der Waals surface area contributed by atoms with Gasteiger partial charge in [0.15, 0.2) is 5.72 Å². The first-order chi connectivity index (χ1) is 8.09. The Bertz CT molecular complexity index is 479. The largest absolute Gasteiger partial charge is 0.508 e. The molecule has 0 fully saturated rings. The molecule has 0 aliphatic heterocycles. The zero-order valence-electron chi connectivity index (χ0n) is 9.13. The normalized spacial score (nSPS) is 23.0. The van der Waals surface area contributed by atoms with Crippen LogP contribution in [0.25, 0.3) is 0 Å². The van der Waals surface area contributed by atoms with Gasteiger partial charge < -0.3 is 15.5 Å². The van der Waals surface area contributed by atoms with E-state index in [1.165, 1.54) is 18.2 Å². The SMILES string of the molecule is O=C(NC1(O)C=CC(O)=CC1)c1ccccc1. The van der Waals surface area contributed by atoms with Crippen LogP contribution in [0, 0.1) is 0 Å². The van der Waals surface area contributed by atoms with E-state index in [0.717, 1.165) is 0 Å². The first-order valence-corrected chi connectivity index (χ1v) is 5.27. The molecule has 0 heterocycles. The summed E-state index contributed by atoms with van der Waals surface area (Å²) >= 11 is 0. The van der Waals surface area contributed by atoms with E-state index in [1.807, 2.05) is 6.07 Å². The molecule has 0 saturated carbocycles. The number of benzene rings is 1. The summed E-state index contributed by atoms with van der Waals surface area (Å²) in [5, 5.41) is 21.7. The summed E-state index contributed by atoms with van der Waals surface area (Å²) < 4.78 is 0. The van der Waals surface area contributed by atoms with Crippen LogP contribution in [0.2, 0.25) is 0 Å². The molecule has 1 aliphatic rings. The molecule has 0 radical (unpaired) electrons. The molecule has 1 unspecified atom stereocenters. The van der Waals surface area contributed by atoms with Crippen molar-refractivity contribution in [3.63, 3.8) is 0 Å². The molecule has 1 aromatic rings. The zero-order chi connectivity index (χ0) is 12.3. The van der Waals surface area contributed by atoms with Crippen LogP contribution in [0.15, 0.2) is 54.3 Å². The van der Waals surface area contributed by atoms with Crippen molar-refractivity contribution in [1.29, 1.82) is 0 Å². The number of carbonyl (C=O) groups is 1. The van der Waals surface area contributed by atoms with Gasteiger partial charge in [0.25, 0.3) is 5.91 Å². The molecule has 4 nitrogen and oxygen atoms in total. The maximum Gasteiger partial charge on any atom is 0.253 e. The van der Waals surface area contributed by atoms with Crippen LogP contribution >= 0.6 is 0 Å². The zero-order valence-corrected chi connectivity index (χ0v) is 9.13. The van der Waals surface area contributed by atoms with Gasteiger partial charge >= 0.3 is 0 Å². The van der Waals surface area contributed by atoms with Gasteiger partial charge in [-0.25, -0.2) is 0 Å². The fourth-order valence-electron chi connectivity index (χ4n) is 1.57. The van der Waals surface area contributed by atoms with E-state index in [4.69, 9.17) is 5.11 Å². The lowest BCUT2D eigenvalue weighted by molar-refractivity contribution is 0.0447. The second-order valence-corrected chi connectivity index (χ2v) is 3.91.